The average Bonchev–Trinajstić information content (AvgIpc) is 2.63. The number of aryl methyl sites for hydroxylation is 1. The van der Waals surface area contributed by atoms with Crippen molar-refractivity contribution in [3.63, 3.8) is 0 Å². The van der Waals surface area contributed by atoms with Gasteiger partial charge in [0.2, 0.25) is 0 Å². The van der Waals surface area contributed by atoms with Gasteiger partial charge in [-0.1, -0.05) is 59.9 Å². The van der Waals surface area contributed by atoms with Gasteiger partial charge < -0.3 is 0 Å². The zero-order valence-corrected chi connectivity index (χ0v) is 14.8. The molecule has 2 heteroatoms. The van der Waals surface area contributed by atoms with E-state index in [1.165, 1.54) is 5.56 Å². The summed E-state index contributed by atoms with van der Waals surface area (Å²) in [5, 5.41) is 2.18. The Balaban J connectivity index is 1.89. The highest BCUT2D eigenvalue weighted by atomic mass is 35.5. The maximum absolute atomic E-state index is 14.7. The Hall–Kier alpha value is -2.56. The molecule has 0 aliphatic heterocycles. The van der Waals surface area contributed by atoms with Gasteiger partial charge in [-0.3, -0.25) is 0 Å². The summed E-state index contributed by atoms with van der Waals surface area (Å²) in [7, 11) is 0. The minimum atomic E-state index is -0.265. The largest absolute Gasteiger partial charge is 0.205 e. The first-order valence-corrected chi connectivity index (χ1v) is 8.65. The van der Waals surface area contributed by atoms with Crippen LogP contribution in [0.15, 0.2) is 66.7 Å². The number of halogens is 2. The highest BCUT2D eigenvalue weighted by Crippen LogP contribution is 2.23. The van der Waals surface area contributed by atoms with Gasteiger partial charge in [-0.2, -0.15) is 0 Å². The van der Waals surface area contributed by atoms with E-state index in [0.717, 1.165) is 23.8 Å². The molecule has 0 spiro atoms. The third-order valence-electron chi connectivity index (χ3n) is 4.04. The Morgan fingerprint density at radius 1 is 1.00 bits per heavy atom. The first kappa shape index (κ1) is 17.3. The molecule has 0 aliphatic rings. The molecule has 0 bridgehead atoms. The molecule has 0 atom stereocenters. The molecular formula is C23H18ClF. The number of benzene rings is 3. The quantitative estimate of drug-likeness (QED) is 0.372. The van der Waals surface area contributed by atoms with E-state index in [-0.39, 0.29) is 5.82 Å². The van der Waals surface area contributed by atoms with Crippen LogP contribution in [-0.2, 0) is 6.42 Å². The number of allylic oxidation sites excluding steroid dienone is 2. The molecule has 0 unspecified atom stereocenters. The van der Waals surface area contributed by atoms with Gasteiger partial charge in [0.15, 0.2) is 0 Å². The van der Waals surface area contributed by atoms with Crippen molar-refractivity contribution in [2.24, 2.45) is 0 Å². The second-order valence-corrected chi connectivity index (χ2v) is 6.28. The fourth-order valence-electron chi connectivity index (χ4n) is 2.68. The Kier molecular flexibility index (Phi) is 5.53. The highest BCUT2D eigenvalue weighted by molar-refractivity contribution is 6.30. The molecule has 0 heterocycles. The standard InChI is InChI=1S/C23H18ClF/c1-2-3-4-5-18-9-15-22-20(16-18)12-11-19(23(22)25)10-6-17-7-13-21(24)14-8-17/h2-3,7-9,11-16H,4-5H2,1H3/b3-2+. The molecule has 0 saturated heterocycles. The van der Waals surface area contributed by atoms with Gasteiger partial charge in [0.1, 0.15) is 5.82 Å². The fourth-order valence-corrected chi connectivity index (χ4v) is 2.81. The molecule has 0 nitrogen and oxygen atoms in total. The molecule has 0 aromatic heterocycles. The Morgan fingerprint density at radius 2 is 1.80 bits per heavy atom. The molecule has 124 valence electrons. The molecule has 25 heavy (non-hydrogen) atoms. The summed E-state index contributed by atoms with van der Waals surface area (Å²) >= 11 is 5.86. The lowest BCUT2D eigenvalue weighted by Gasteiger charge is -2.05. The van der Waals surface area contributed by atoms with Crippen molar-refractivity contribution in [2.75, 3.05) is 0 Å². The van der Waals surface area contributed by atoms with Crippen molar-refractivity contribution in [1.29, 1.82) is 0 Å². The first-order valence-electron chi connectivity index (χ1n) is 8.27. The van der Waals surface area contributed by atoms with E-state index in [9.17, 15) is 4.39 Å². The zero-order chi connectivity index (χ0) is 17.6. The van der Waals surface area contributed by atoms with Crippen LogP contribution in [0.1, 0.15) is 30.0 Å². The first-order chi connectivity index (χ1) is 12.2. The van der Waals surface area contributed by atoms with Crippen LogP contribution in [0.2, 0.25) is 5.02 Å². The molecule has 0 aliphatic carbocycles. The van der Waals surface area contributed by atoms with Gasteiger partial charge in [0, 0.05) is 16.0 Å². The highest BCUT2D eigenvalue weighted by Gasteiger charge is 2.06. The Morgan fingerprint density at radius 3 is 2.56 bits per heavy atom. The Labute approximate surface area is 153 Å². The summed E-state index contributed by atoms with van der Waals surface area (Å²) in [6, 6.07) is 16.8. The van der Waals surface area contributed by atoms with E-state index in [2.05, 4.69) is 24.0 Å². The normalized spacial score (nSPS) is 10.8. The monoisotopic (exact) mass is 348 g/mol. The van der Waals surface area contributed by atoms with Crippen molar-refractivity contribution in [3.05, 3.63) is 94.3 Å². The molecule has 0 radical (unpaired) electrons. The van der Waals surface area contributed by atoms with Gasteiger partial charge in [0.05, 0.1) is 5.56 Å². The van der Waals surface area contributed by atoms with Gasteiger partial charge in [0.25, 0.3) is 0 Å². The van der Waals surface area contributed by atoms with E-state index in [1.54, 1.807) is 18.2 Å². The van der Waals surface area contributed by atoms with E-state index in [0.29, 0.717) is 16.0 Å². The molecule has 3 aromatic rings. The van der Waals surface area contributed by atoms with E-state index in [4.69, 9.17) is 11.6 Å². The van der Waals surface area contributed by atoms with Crippen LogP contribution < -0.4 is 0 Å². The average molecular weight is 349 g/mol. The van der Waals surface area contributed by atoms with Gasteiger partial charge in [-0.25, -0.2) is 4.39 Å². The summed E-state index contributed by atoms with van der Waals surface area (Å²) < 4.78 is 14.7. The van der Waals surface area contributed by atoms with Crippen molar-refractivity contribution in [3.8, 4) is 11.8 Å². The SMILES string of the molecule is C/C=C/CCc1ccc2c(F)c(C#Cc3ccc(Cl)cc3)ccc2c1. The minimum absolute atomic E-state index is 0.265. The van der Waals surface area contributed by atoms with Crippen molar-refractivity contribution in [2.45, 2.75) is 19.8 Å². The summed E-state index contributed by atoms with van der Waals surface area (Å²) in [5.41, 5.74) is 2.43. The molecular weight excluding hydrogens is 331 g/mol. The van der Waals surface area contributed by atoms with Crippen LogP contribution in [0.4, 0.5) is 4.39 Å². The minimum Gasteiger partial charge on any atom is -0.205 e. The van der Waals surface area contributed by atoms with Crippen LogP contribution in [0.25, 0.3) is 10.8 Å². The predicted octanol–water partition coefficient (Wildman–Crippen LogP) is 6.54. The molecule has 0 N–H and O–H groups in total. The maximum atomic E-state index is 14.7. The van der Waals surface area contributed by atoms with Crippen LogP contribution in [0.5, 0.6) is 0 Å². The van der Waals surface area contributed by atoms with Crippen LogP contribution >= 0.6 is 11.6 Å². The zero-order valence-electron chi connectivity index (χ0n) is 14.0. The number of rotatable bonds is 3. The van der Waals surface area contributed by atoms with Crippen LogP contribution in [0, 0.1) is 17.7 Å². The van der Waals surface area contributed by atoms with E-state index < -0.39 is 0 Å². The lowest BCUT2D eigenvalue weighted by molar-refractivity contribution is 0.636. The molecule has 3 rings (SSSR count). The Bertz CT molecular complexity index is 973. The van der Waals surface area contributed by atoms with Gasteiger partial charge in [-0.15, -0.1) is 0 Å². The smallest absolute Gasteiger partial charge is 0.146 e. The predicted molar refractivity (Wildman–Crippen MR) is 104 cm³/mol. The number of hydrogen-bond donors (Lipinski definition) is 0. The molecule has 0 amide bonds. The van der Waals surface area contributed by atoms with Gasteiger partial charge in [-0.05, 0) is 61.0 Å². The summed E-state index contributed by atoms with van der Waals surface area (Å²) in [5.74, 6) is 5.64. The van der Waals surface area contributed by atoms with Crippen molar-refractivity contribution >= 4 is 22.4 Å². The van der Waals surface area contributed by atoms with Crippen molar-refractivity contribution < 1.29 is 4.39 Å². The van der Waals surface area contributed by atoms with Gasteiger partial charge >= 0.3 is 0 Å². The topological polar surface area (TPSA) is 0 Å². The number of fused-ring (bicyclic) bond motifs is 1. The maximum Gasteiger partial charge on any atom is 0.146 e. The molecule has 3 aromatic carbocycles. The fraction of sp³-hybridized carbons (Fsp3) is 0.130. The summed E-state index contributed by atoms with van der Waals surface area (Å²) in [4.78, 5) is 0. The van der Waals surface area contributed by atoms with Crippen LogP contribution in [-0.4, -0.2) is 0 Å². The third-order valence-corrected chi connectivity index (χ3v) is 4.29. The summed E-state index contributed by atoms with van der Waals surface area (Å²) in [6.07, 6.45) is 6.14. The van der Waals surface area contributed by atoms with E-state index in [1.807, 2.05) is 43.3 Å². The lowest BCUT2D eigenvalue weighted by Crippen LogP contribution is -1.89. The second kappa shape index (κ2) is 8.01. The number of hydrogen-bond acceptors (Lipinski definition) is 0. The second-order valence-electron chi connectivity index (χ2n) is 5.85. The van der Waals surface area contributed by atoms with E-state index >= 15 is 0 Å². The van der Waals surface area contributed by atoms with Crippen LogP contribution in [0.3, 0.4) is 0 Å². The van der Waals surface area contributed by atoms with Crippen molar-refractivity contribution in [1.82, 2.24) is 0 Å². The summed E-state index contributed by atoms with van der Waals surface area (Å²) in [6.45, 7) is 2.02. The third kappa shape index (κ3) is 4.29. The molecule has 0 saturated carbocycles. The molecule has 0 fully saturated rings. The lowest BCUT2D eigenvalue weighted by atomic mass is 10.0.